The minimum Gasteiger partial charge on any atom is -0.378 e. The van der Waals surface area contributed by atoms with E-state index >= 15 is 0 Å². The monoisotopic (exact) mass is 417 g/mol. The van der Waals surface area contributed by atoms with E-state index in [2.05, 4.69) is 20.5 Å². The molecule has 1 unspecified atom stereocenters. The average Bonchev–Trinajstić information content (AvgIpc) is 3.23. The van der Waals surface area contributed by atoms with Gasteiger partial charge in [0.1, 0.15) is 12.1 Å². The van der Waals surface area contributed by atoms with Gasteiger partial charge in [-0.15, -0.1) is 0 Å². The van der Waals surface area contributed by atoms with Crippen molar-refractivity contribution in [3.8, 4) is 0 Å². The number of nitrogens with zero attached hydrogens (tertiary/aromatic N) is 3. The van der Waals surface area contributed by atoms with Crippen LogP contribution < -0.4 is 15.5 Å². The van der Waals surface area contributed by atoms with E-state index in [4.69, 9.17) is 4.74 Å². The molecule has 4 amide bonds. The lowest BCUT2D eigenvalue weighted by Gasteiger charge is -2.25. The maximum atomic E-state index is 12.4. The molecule has 0 aliphatic carbocycles. The van der Waals surface area contributed by atoms with Crippen LogP contribution in [0, 0.1) is 0 Å². The molecule has 2 N–H and O–H groups in total. The summed E-state index contributed by atoms with van der Waals surface area (Å²) in [6, 6.07) is 4.94. The van der Waals surface area contributed by atoms with Crippen molar-refractivity contribution in [2.75, 3.05) is 43.1 Å². The zero-order valence-corrected chi connectivity index (χ0v) is 17.2. The number of fused-ring (bicyclic) bond motifs is 1. The second-order valence-corrected chi connectivity index (χ2v) is 8.34. The van der Waals surface area contributed by atoms with Crippen LogP contribution in [0.2, 0.25) is 0 Å². The van der Waals surface area contributed by atoms with Crippen LogP contribution in [0.5, 0.6) is 0 Å². The summed E-state index contributed by atoms with van der Waals surface area (Å²) in [5.41, 5.74) is 0.515. The molecule has 9 nitrogen and oxygen atoms in total. The average molecular weight is 417 g/mol. The Balaban J connectivity index is 1.44. The SMILES string of the molecule is CCC1(C)NC(=O)N(CC(=O)Nc2ccc3nc(N4CCOCC4)sc3c2)C1=O. The van der Waals surface area contributed by atoms with Gasteiger partial charge in [-0.1, -0.05) is 18.3 Å². The third-order valence-electron chi connectivity index (χ3n) is 5.30. The Morgan fingerprint density at radius 1 is 1.34 bits per heavy atom. The number of urea groups is 1. The molecule has 3 heterocycles. The molecule has 0 radical (unpaired) electrons. The number of carbonyl (C=O) groups is 3. The van der Waals surface area contributed by atoms with E-state index in [1.165, 1.54) is 0 Å². The van der Waals surface area contributed by atoms with Crippen molar-refractivity contribution in [3.63, 3.8) is 0 Å². The number of ether oxygens (including phenoxy) is 1. The van der Waals surface area contributed by atoms with Gasteiger partial charge in [0.25, 0.3) is 5.91 Å². The van der Waals surface area contributed by atoms with Crippen molar-refractivity contribution in [3.05, 3.63) is 18.2 Å². The molecule has 1 aromatic carbocycles. The highest BCUT2D eigenvalue weighted by molar-refractivity contribution is 7.22. The van der Waals surface area contributed by atoms with Crippen LogP contribution in [-0.2, 0) is 14.3 Å². The first-order valence-electron chi connectivity index (χ1n) is 9.57. The van der Waals surface area contributed by atoms with Crippen LogP contribution in [-0.4, -0.2) is 66.1 Å². The summed E-state index contributed by atoms with van der Waals surface area (Å²) in [6.45, 7) is 6.17. The van der Waals surface area contributed by atoms with Crippen LogP contribution in [0.1, 0.15) is 20.3 Å². The van der Waals surface area contributed by atoms with E-state index in [1.54, 1.807) is 24.3 Å². The zero-order valence-electron chi connectivity index (χ0n) is 16.4. The molecule has 1 atom stereocenters. The van der Waals surface area contributed by atoms with Crippen molar-refractivity contribution in [1.29, 1.82) is 0 Å². The molecular formula is C19H23N5O4S. The Morgan fingerprint density at radius 2 is 2.10 bits per heavy atom. The van der Waals surface area contributed by atoms with Gasteiger partial charge in [0, 0.05) is 18.8 Å². The molecule has 0 saturated carbocycles. The van der Waals surface area contributed by atoms with Crippen molar-refractivity contribution < 1.29 is 19.1 Å². The minimum absolute atomic E-state index is 0.319. The number of hydrogen-bond donors (Lipinski definition) is 2. The number of benzene rings is 1. The normalized spacial score (nSPS) is 22.3. The van der Waals surface area contributed by atoms with Gasteiger partial charge in [0.2, 0.25) is 5.91 Å². The van der Waals surface area contributed by atoms with Gasteiger partial charge in [-0.05, 0) is 31.5 Å². The van der Waals surface area contributed by atoms with Gasteiger partial charge in [-0.3, -0.25) is 14.5 Å². The molecule has 10 heteroatoms. The number of imide groups is 1. The first kappa shape index (κ1) is 19.6. The van der Waals surface area contributed by atoms with Gasteiger partial charge in [0.05, 0.1) is 23.4 Å². The Labute approximate surface area is 172 Å². The molecule has 1 aromatic heterocycles. The predicted octanol–water partition coefficient (Wildman–Crippen LogP) is 1.79. The number of rotatable bonds is 5. The Hall–Kier alpha value is -2.72. The summed E-state index contributed by atoms with van der Waals surface area (Å²) in [5, 5.41) is 6.35. The molecule has 0 bridgehead atoms. The lowest BCUT2D eigenvalue weighted by Crippen LogP contribution is -2.44. The largest absolute Gasteiger partial charge is 0.378 e. The highest BCUT2D eigenvalue weighted by Crippen LogP contribution is 2.31. The summed E-state index contributed by atoms with van der Waals surface area (Å²) in [6.07, 6.45) is 0.462. The molecule has 154 valence electrons. The molecule has 2 aliphatic rings. The van der Waals surface area contributed by atoms with E-state index in [0.29, 0.717) is 25.3 Å². The maximum absolute atomic E-state index is 12.4. The van der Waals surface area contributed by atoms with E-state index < -0.39 is 17.5 Å². The number of thiazole rings is 1. The van der Waals surface area contributed by atoms with Crippen molar-refractivity contribution in [1.82, 2.24) is 15.2 Å². The Morgan fingerprint density at radius 3 is 2.79 bits per heavy atom. The lowest BCUT2D eigenvalue weighted by atomic mass is 9.99. The second kappa shape index (κ2) is 7.60. The second-order valence-electron chi connectivity index (χ2n) is 7.33. The van der Waals surface area contributed by atoms with Gasteiger partial charge >= 0.3 is 6.03 Å². The van der Waals surface area contributed by atoms with Crippen LogP contribution >= 0.6 is 11.3 Å². The standard InChI is InChI=1S/C19H23N5O4S/c1-3-19(2)16(26)24(17(27)22-19)11-15(25)20-12-4-5-13-14(10-12)29-18(21-13)23-6-8-28-9-7-23/h4-5,10H,3,6-9,11H2,1-2H3,(H,20,25)(H,22,27). The number of aromatic nitrogens is 1. The summed E-state index contributed by atoms with van der Waals surface area (Å²) >= 11 is 1.56. The summed E-state index contributed by atoms with van der Waals surface area (Å²) in [7, 11) is 0. The number of morpholine rings is 1. The van der Waals surface area contributed by atoms with E-state index in [9.17, 15) is 14.4 Å². The third-order valence-corrected chi connectivity index (χ3v) is 6.38. The van der Waals surface area contributed by atoms with Crippen LogP contribution in [0.3, 0.4) is 0 Å². The number of carbonyl (C=O) groups excluding carboxylic acids is 3. The first-order valence-corrected chi connectivity index (χ1v) is 10.4. The number of amides is 4. The molecule has 2 fully saturated rings. The van der Waals surface area contributed by atoms with Crippen LogP contribution in [0.25, 0.3) is 10.2 Å². The molecule has 4 rings (SSSR count). The van der Waals surface area contributed by atoms with Gasteiger partial charge in [-0.2, -0.15) is 0 Å². The van der Waals surface area contributed by atoms with Gasteiger partial charge < -0.3 is 20.3 Å². The smallest absolute Gasteiger partial charge is 0.325 e. The molecule has 29 heavy (non-hydrogen) atoms. The van der Waals surface area contributed by atoms with Crippen LogP contribution in [0.4, 0.5) is 15.6 Å². The zero-order chi connectivity index (χ0) is 20.6. The van der Waals surface area contributed by atoms with E-state index in [0.717, 1.165) is 33.3 Å². The highest BCUT2D eigenvalue weighted by Gasteiger charge is 2.46. The molecule has 0 spiro atoms. The van der Waals surface area contributed by atoms with Crippen LogP contribution in [0.15, 0.2) is 18.2 Å². The fourth-order valence-electron chi connectivity index (χ4n) is 3.35. The van der Waals surface area contributed by atoms with Gasteiger partial charge in [0.15, 0.2) is 5.13 Å². The fraction of sp³-hybridized carbons (Fsp3) is 0.474. The quantitative estimate of drug-likeness (QED) is 0.719. The first-order chi connectivity index (χ1) is 13.9. The predicted molar refractivity (Wildman–Crippen MR) is 110 cm³/mol. The van der Waals surface area contributed by atoms with Crippen molar-refractivity contribution in [2.45, 2.75) is 25.8 Å². The molecular weight excluding hydrogens is 394 g/mol. The lowest BCUT2D eigenvalue weighted by molar-refractivity contribution is -0.133. The van der Waals surface area contributed by atoms with Crippen molar-refractivity contribution >= 4 is 50.2 Å². The minimum atomic E-state index is -0.950. The van der Waals surface area contributed by atoms with Crippen molar-refractivity contribution in [2.24, 2.45) is 0 Å². The van der Waals surface area contributed by atoms with Gasteiger partial charge in [-0.25, -0.2) is 9.78 Å². The number of hydrogen-bond acceptors (Lipinski definition) is 7. The summed E-state index contributed by atoms with van der Waals surface area (Å²) < 4.78 is 6.34. The highest BCUT2D eigenvalue weighted by atomic mass is 32.1. The molecule has 2 aliphatic heterocycles. The Bertz CT molecular complexity index is 971. The maximum Gasteiger partial charge on any atom is 0.325 e. The third kappa shape index (κ3) is 3.77. The number of anilines is 2. The van der Waals surface area contributed by atoms with E-state index in [-0.39, 0.29) is 12.5 Å². The Kier molecular flexibility index (Phi) is 5.13. The summed E-state index contributed by atoms with van der Waals surface area (Å²) in [5.74, 6) is -0.806. The summed E-state index contributed by atoms with van der Waals surface area (Å²) in [4.78, 5) is 44.7. The molecule has 2 saturated heterocycles. The fourth-order valence-corrected chi connectivity index (χ4v) is 4.41. The van der Waals surface area contributed by atoms with E-state index in [1.807, 2.05) is 19.1 Å². The number of nitrogens with one attached hydrogen (secondary N) is 2. The molecule has 2 aromatic rings. The topological polar surface area (TPSA) is 104 Å².